The lowest BCUT2D eigenvalue weighted by atomic mass is 9.90. The Balaban J connectivity index is 2.03. The fourth-order valence-corrected chi connectivity index (χ4v) is 3.03. The molecule has 21 heavy (non-hydrogen) atoms. The smallest absolute Gasteiger partial charge is 0.329 e. The normalized spacial score (nSPS) is 21.4. The van der Waals surface area contributed by atoms with Gasteiger partial charge in [0.2, 0.25) is 0 Å². The van der Waals surface area contributed by atoms with Crippen molar-refractivity contribution in [1.29, 1.82) is 0 Å². The Labute approximate surface area is 125 Å². The van der Waals surface area contributed by atoms with Gasteiger partial charge < -0.3 is 20.1 Å². The summed E-state index contributed by atoms with van der Waals surface area (Å²) in [5.41, 5.74) is -1.09. The highest BCUT2D eigenvalue weighted by molar-refractivity contribution is 5.86. The number of amides is 2. The van der Waals surface area contributed by atoms with E-state index in [9.17, 15) is 14.7 Å². The second-order valence-corrected chi connectivity index (χ2v) is 6.15. The molecule has 2 aliphatic carbocycles. The van der Waals surface area contributed by atoms with Gasteiger partial charge in [-0.1, -0.05) is 25.7 Å². The number of carboxylic acids is 1. The molecule has 2 fully saturated rings. The lowest BCUT2D eigenvalue weighted by Gasteiger charge is -2.33. The van der Waals surface area contributed by atoms with Gasteiger partial charge in [-0.05, 0) is 25.7 Å². The monoisotopic (exact) mass is 298 g/mol. The molecule has 0 spiro atoms. The van der Waals surface area contributed by atoms with Gasteiger partial charge in [-0.3, -0.25) is 0 Å². The summed E-state index contributed by atoms with van der Waals surface area (Å²) in [6.07, 6.45) is 6.84. The summed E-state index contributed by atoms with van der Waals surface area (Å²) in [7, 11) is 1.60. The third-order valence-electron chi connectivity index (χ3n) is 4.50. The van der Waals surface area contributed by atoms with Crippen LogP contribution >= 0.6 is 0 Å². The standard InChI is InChI=1S/C15H26N2O4/c1-21-11-10-17(12-6-7-12)14(20)16-15(13(18)19)8-4-2-3-5-9-15/h12H,2-11H2,1H3,(H,16,20)(H,18,19). The molecule has 0 heterocycles. The number of rotatable bonds is 6. The summed E-state index contributed by atoms with van der Waals surface area (Å²) in [5.74, 6) is -0.903. The number of urea groups is 1. The van der Waals surface area contributed by atoms with Crippen LogP contribution in [0.15, 0.2) is 0 Å². The minimum absolute atomic E-state index is 0.247. The Morgan fingerprint density at radius 3 is 2.33 bits per heavy atom. The number of carbonyl (C=O) groups is 2. The molecule has 2 rings (SSSR count). The first-order valence-corrected chi connectivity index (χ1v) is 7.90. The average Bonchev–Trinajstić information content (AvgIpc) is 3.26. The second kappa shape index (κ2) is 7.11. The molecule has 0 aliphatic heterocycles. The maximum Gasteiger partial charge on any atom is 0.329 e. The number of nitrogens with zero attached hydrogens (tertiary/aromatic N) is 1. The van der Waals surface area contributed by atoms with Crippen LogP contribution < -0.4 is 5.32 Å². The van der Waals surface area contributed by atoms with Gasteiger partial charge in [0, 0.05) is 19.7 Å². The molecule has 0 bridgehead atoms. The number of carboxylic acid groups (broad SMARTS) is 1. The third-order valence-corrected chi connectivity index (χ3v) is 4.50. The first-order valence-electron chi connectivity index (χ1n) is 7.90. The Morgan fingerprint density at radius 2 is 1.86 bits per heavy atom. The quantitative estimate of drug-likeness (QED) is 0.735. The fourth-order valence-electron chi connectivity index (χ4n) is 3.03. The topological polar surface area (TPSA) is 78.9 Å². The van der Waals surface area contributed by atoms with Crippen molar-refractivity contribution < 1.29 is 19.4 Å². The van der Waals surface area contributed by atoms with Crippen molar-refractivity contribution in [2.24, 2.45) is 0 Å². The number of nitrogens with one attached hydrogen (secondary N) is 1. The van der Waals surface area contributed by atoms with Crippen molar-refractivity contribution in [2.75, 3.05) is 20.3 Å². The number of hydrogen-bond donors (Lipinski definition) is 2. The number of ether oxygens (including phenoxy) is 1. The van der Waals surface area contributed by atoms with Crippen molar-refractivity contribution >= 4 is 12.0 Å². The Kier molecular flexibility index (Phi) is 5.45. The zero-order chi connectivity index (χ0) is 15.3. The van der Waals surface area contributed by atoms with Crippen LogP contribution in [0.5, 0.6) is 0 Å². The molecule has 2 saturated carbocycles. The Bertz CT molecular complexity index is 374. The van der Waals surface area contributed by atoms with Gasteiger partial charge in [0.15, 0.2) is 0 Å². The van der Waals surface area contributed by atoms with E-state index in [2.05, 4.69) is 5.32 Å². The van der Waals surface area contributed by atoms with Gasteiger partial charge in [-0.15, -0.1) is 0 Å². The van der Waals surface area contributed by atoms with E-state index in [0.29, 0.717) is 26.0 Å². The van der Waals surface area contributed by atoms with Gasteiger partial charge in [0.1, 0.15) is 5.54 Å². The van der Waals surface area contributed by atoms with Crippen LogP contribution in [-0.4, -0.2) is 53.8 Å². The summed E-state index contributed by atoms with van der Waals surface area (Å²) in [6, 6.07) is -0.00405. The van der Waals surface area contributed by atoms with Crippen molar-refractivity contribution in [1.82, 2.24) is 10.2 Å². The lowest BCUT2D eigenvalue weighted by molar-refractivity contribution is -0.145. The molecule has 2 aliphatic rings. The van der Waals surface area contributed by atoms with Crippen LogP contribution in [0.1, 0.15) is 51.4 Å². The first-order chi connectivity index (χ1) is 10.1. The molecule has 2 N–H and O–H groups in total. The second-order valence-electron chi connectivity index (χ2n) is 6.15. The molecule has 0 atom stereocenters. The van der Waals surface area contributed by atoms with Crippen molar-refractivity contribution in [3.05, 3.63) is 0 Å². The van der Waals surface area contributed by atoms with E-state index in [-0.39, 0.29) is 12.1 Å². The van der Waals surface area contributed by atoms with Gasteiger partial charge in [0.05, 0.1) is 6.61 Å². The predicted octanol–water partition coefficient (Wildman–Crippen LogP) is 1.98. The highest BCUT2D eigenvalue weighted by atomic mass is 16.5. The molecule has 0 aromatic heterocycles. The molecular weight excluding hydrogens is 272 g/mol. The minimum Gasteiger partial charge on any atom is -0.480 e. The largest absolute Gasteiger partial charge is 0.480 e. The van der Waals surface area contributed by atoms with E-state index in [1.54, 1.807) is 12.0 Å². The van der Waals surface area contributed by atoms with Crippen molar-refractivity contribution in [2.45, 2.75) is 62.9 Å². The van der Waals surface area contributed by atoms with Crippen LogP contribution in [0.3, 0.4) is 0 Å². The lowest BCUT2D eigenvalue weighted by Crippen LogP contribution is -2.58. The van der Waals surface area contributed by atoms with Crippen LogP contribution in [0.4, 0.5) is 4.79 Å². The van der Waals surface area contributed by atoms with Gasteiger partial charge >= 0.3 is 12.0 Å². The summed E-state index contributed by atoms with van der Waals surface area (Å²) < 4.78 is 5.05. The van der Waals surface area contributed by atoms with Crippen LogP contribution in [0.25, 0.3) is 0 Å². The molecule has 0 aromatic rings. The Hall–Kier alpha value is -1.30. The number of hydrogen-bond acceptors (Lipinski definition) is 3. The van der Waals surface area contributed by atoms with E-state index < -0.39 is 11.5 Å². The van der Waals surface area contributed by atoms with Gasteiger partial charge in [-0.25, -0.2) is 9.59 Å². The molecule has 0 unspecified atom stereocenters. The van der Waals surface area contributed by atoms with Crippen molar-refractivity contribution in [3.8, 4) is 0 Å². The summed E-state index contributed by atoms with van der Waals surface area (Å²) in [5, 5.41) is 12.5. The zero-order valence-corrected chi connectivity index (χ0v) is 12.8. The molecule has 2 amide bonds. The molecule has 6 heteroatoms. The Morgan fingerprint density at radius 1 is 1.24 bits per heavy atom. The highest BCUT2D eigenvalue weighted by Crippen LogP contribution is 2.30. The average molecular weight is 298 g/mol. The number of methoxy groups -OCH3 is 1. The molecule has 0 radical (unpaired) electrons. The summed E-state index contributed by atoms with van der Waals surface area (Å²) >= 11 is 0. The summed E-state index contributed by atoms with van der Waals surface area (Å²) in [4.78, 5) is 26.0. The van der Waals surface area contributed by atoms with Crippen LogP contribution in [-0.2, 0) is 9.53 Å². The number of carbonyl (C=O) groups excluding carboxylic acids is 1. The van der Waals surface area contributed by atoms with Crippen molar-refractivity contribution in [3.63, 3.8) is 0 Å². The number of aliphatic carboxylic acids is 1. The molecule has 0 aromatic carbocycles. The van der Waals surface area contributed by atoms with E-state index in [0.717, 1.165) is 38.5 Å². The van der Waals surface area contributed by atoms with Gasteiger partial charge in [-0.2, -0.15) is 0 Å². The maximum atomic E-state index is 12.5. The van der Waals surface area contributed by atoms with E-state index in [1.807, 2.05) is 0 Å². The minimum atomic E-state index is -1.09. The predicted molar refractivity (Wildman–Crippen MR) is 78.2 cm³/mol. The maximum absolute atomic E-state index is 12.5. The van der Waals surface area contributed by atoms with E-state index in [1.165, 1.54) is 0 Å². The van der Waals surface area contributed by atoms with Crippen LogP contribution in [0, 0.1) is 0 Å². The van der Waals surface area contributed by atoms with E-state index in [4.69, 9.17) is 4.74 Å². The van der Waals surface area contributed by atoms with Gasteiger partial charge in [0.25, 0.3) is 0 Å². The molecule has 120 valence electrons. The first kappa shape index (κ1) is 16.1. The molecule has 6 nitrogen and oxygen atoms in total. The zero-order valence-electron chi connectivity index (χ0n) is 12.8. The SMILES string of the molecule is COCCN(C(=O)NC1(C(=O)O)CCCCCC1)C1CC1. The van der Waals surface area contributed by atoms with E-state index >= 15 is 0 Å². The fraction of sp³-hybridized carbons (Fsp3) is 0.867. The molecule has 0 saturated heterocycles. The molecular formula is C15H26N2O4. The highest BCUT2D eigenvalue weighted by Gasteiger charge is 2.42. The van der Waals surface area contributed by atoms with Crippen LogP contribution in [0.2, 0.25) is 0 Å². The third kappa shape index (κ3) is 4.09. The summed E-state index contributed by atoms with van der Waals surface area (Å²) in [6.45, 7) is 0.993.